The number of hydrogen-bond acceptors (Lipinski definition) is 6. The van der Waals surface area contributed by atoms with E-state index in [1.54, 1.807) is 26.3 Å². The van der Waals surface area contributed by atoms with Gasteiger partial charge in [0.15, 0.2) is 17.5 Å². The summed E-state index contributed by atoms with van der Waals surface area (Å²) >= 11 is 0. The summed E-state index contributed by atoms with van der Waals surface area (Å²) in [7, 11) is 3.26. The molecule has 0 radical (unpaired) electrons. The lowest BCUT2D eigenvalue weighted by molar-refractivity contribution is -0.121. The molecule has 4 rings (SSSR count). The van der Waals surface area contributed by atoms with Crippen LogP contribution in [0, 0.1) is 0 Å². The normalized spacial score (nSPS) is 12.2. The number of unbranched alkanes of at least 4 members (excludes halogenated alkanes) is 4. The van der Waals surface area contributed by atoms with Crippen LogP contribution >= 0.6 is 0 Å². The Hall–Kier alpha value is -4.56. The summed E-state index contributed by atoms with van der Waals surface area (Å²) in [4.78, 5) is 16.6. The molecule has 4 aromatic carbocycles. The van der Waals surface area contributed by atoms with E-state index in [0.717, 1.165) is 66.1 Å². The van der Waals surface area contributed by atoms with Gasteiger partial charge in [-0.2, -0.15) is 0 Å². The average Bonchev–Trinajstić information content (AvgIpc) is 3.06. The Labute approximate surface area is 272 Å². The van der Waals surface area contributed by atoms with Gasteiger partial charge in [-0.3, -0.25) is 9.79 Å². The zero-order chi connectivity index (χ0) is 32.7. The molecule has 0 fully saturated rings. The monoisotopic (exact) mass is 625 g/mol. The van der Waals surface area contributed by atoms with E-state index in [1.165, 1.54) is 5.56 Å². The number of nitrogens with one attached hydrogen (secondary N) is 1. The van der Waals surface area contributed by atoms with Gasteiger partial charge in [0.1, 0.15) is 18.1 Å². The third kappa shape index (κ3) is 11.1. The van der Waals surface area contributed by atoms with Crippen molar-refractivity contribution < 1.29 is 24.5 Å². The number of ketones is 1. The molecule has 8 heteroatoms. The van der Waals surface area contributed by atoms with Gasteiger partial charge >= 0.3 is 0 Å². The topological polar surface area (TPSA) is 126 Å². The Morgan fingerprint density at radius 2 is 1.59 bits per heavy atom. The van der Waals surface area contributed by atoms with Crippen molar-refractivity contribution in [1.29, 1.82) is 0 Å². The predicted molar refractivity (Wildman–Crippen MR) is 186 cm³/mol. The molecule has 0 unspecified atom stereocenters. The molecule has 1 atom stereocenters. The summed E-state index contributed by atoms with van der Waals surface area (Å²) in [6, 6.07) is 25.2. The summed E-state index contributed by atoms with van der Waals surface area (Å²) in [5.41, 5.74) is 9.95. The number of hydrogen-bond donors (Lipinski definition) is 4. The first-order chi connectivity index (χ1) is 22.3. The number of carbonyl (C=O) groups is 1. The third-order valence-electron chi connectivity index (χ3n) is 8.11. The Kier molecular flexibility index (Phi) is 13.3. The molecule has 0 aromatic heterocycles. The highest BCUT2D eigenvalue weighted by atomic mass is 16.5. The van der Waals surface area contributed by atoms with Crippen LogP contribution in [0.1, 0.15) is 68.1 Å². The summed E-state index contributed by atoms with van der Waals surface area (Å²) in [5, 5.41) is 25.2. The number of anilines is 1. The van der Waals surface area contributed by atoms with Crippen molar-refractivity contribution in [3.05, 3.63) is 95.6 Å². The van der Waals surface area contributed by atoms with Crippen LogP contribution in [0.3, 0.4) is 0 Å². The molecule has 0 aliphatic heterocycles. The first kappa shape index (κ1) is 34.3. The first-order valence-corrected chi connectivity index (χ1v) is 16.1. The van der Waals surface area contributed by atoms with Gasteiger partial charge in [0.05, 0.1) is 13.2 Å². The maximum absolute atomic E-state index is 12.6. The molecule has 0 aliphatic carbocycles. The average molecular weight is 626 g/mol. The van der Waals surface area contributed by atoms with Crippen LogP contribution in [-0.4, -0.2) is 42.2 Å². The Morgan fingerprint density at radius 3 is 2.41 bits per heavy atom. The minimum atomic E-state index is -0.595. The van der Waals surface area contributed by atoms with Crippen molar-refractivity contribution >= 4 is 28.2 Å². The van der Waals surface area contributed by atoms with E-state index >= 15 is 0 Å². The number of phenolic OH excluding ortho intramolecular Hbond substituents is 1. The van der Waals surface area contributed by atoms with Crippen molar-refractivity contribution in [2.24, 2.45) is 10.7 Å². The molecule has 0 bridgehead atoms. The fraction of sp³-hybridized carbons (Fsp3) is 0.368. The number of guanidine groups is 1. The van der Waals surface area contributed by atoms with Gasteiger partial charge in [-0.1, -0.05) is 62.1 Å². The molecular weight excluding hydrogens is 578 g/mol. The maximum Gasteiger partial charge on any atom is 0.192 e. The number of aliphatic hydroxyl groups is 1. The SMILES string of the molecule is CN=C(N)Nc1cccc(CCCCCCC[C@H](O)CC(=O)CCc2ccc(OC)c(OCc3ccc4cc(O)ccc4c3)c2)c1. The number of nitrogens with two attached hydrogens (primary N) is 1. The fourth-order valence-corrected chi connectivity index (χ4v) is 5.52. The number of aliphatic hydroxyl groups excluding tert-OH is 1. The number of ether oxygens (including phenoxy) is 2. The molecule has 0 heterocycles. The maximum atomic E-state index is 12.6. The Bertz CT molecular complexity index is 1600. The van der Waals surface area contributed by atoms with Crippen LogP contribution in [-0.2, 0) is 24.2 Å². The lowest BCUT2D eigenvalue weighted by atomic mass is 10.00. The number of aromatic hydroxyl groups is 1. The lowest BCUT2D eigenvalue weighted by Crippen LogP contribution is -2.21. The molecule has 0 aliphatic rings. The van der Waals surface area contributed by atoms with Crippen LogP contribution in [0.2, 0.25) is 0 Å². The molecule has 5 N–H and O–H groups in total. The molecule has 0 spiro atoms. The van der Waals surface area contributed by atoms with E-state index in [1.807, 2.05) is 54.6 Å². The molecule has 0 saturated carbocycles. The van der Waals surface area contributed by atoms with Gasteiger partial charge in [0.25, 0.3) is 0 Å². The van der Waals surface area contributed by atoms with Gasteiger partial charge < -0.3 is 30.7 Å². The summed E-state index contributed by atoms with van der Waals surface area (Å²) in [5.74, 6) is 1.96. The number of aryl methyl sites for hydroxylation is 2. The van der Waals surface area contributed by atoms with Gasteiger partial charge in [-0.25, -0.2) is 0 Å². The van der Waals surface area contributed by atoms with Gasteiger partial charge in [-0.15, -0.1) is 0 Å². The second-order valence-corrected chi connectivity index (χ2v) is 11.8. The van der Waals surface area contributed by atoms with Crippen molar-refractivity contribution in [1.82, 2.24) is 0 Å². The second kappa shape index (κ2) is 17.8. The van der Waals surface area contributed by atoms with Crippen LogP contribution in [0.15, 0.2) is 83.9 Å². The first-order valence-electron chi connectivity index (χ1n) is 16.1. The highest BCUT2D eigenvalue weighted by Gasteiger charge is 2.13. The predicted octanol–water partition coefficient (Wildman–Crippen LogP) is 7.33. The Morgan fingerprint density at radius 1 is 0.848 bits per heavy atom. The summed E-state index contributed by atoms with van der Waals surface area (Å²) in [6.07, 6.45) is 7.52. The highest BCUT2D eigenvalue weighted by Crippen LogP contribution is 2.30. The molecule has 0 saturated heterocycles. The van der Waals surface area contributed by atoms with E-state index in [-0.39, 0.29) is 18.0 Å². The minimum absolute atomic E-state index is 0.0664. The van der Waals surface area contributed by atoms with Crippen molar-refractivity contribution in [3.8, 4) is 17.2 Å². The van der Waals surface area contributed by atoms with Crippen LogP contribution < -0.4 is 20.5 Å². The van der Waals surface area contributed by atoms with Crippen molar-refractivity contribution in [2.75, 3.05) is 19.5 Å². The molecule has 8 nitrogen and oxygen atoms in total. The number of methoxy groups -OCH3 is 1. The van der Waals surface area contributed by atoms with E-state index in [0.29, 0.717) is 43.3 Å². The van der Waals surface area contributed by atoms with E-state index < -0.39 is 6.10 Å². The van der Waals surface area contributed by atoms with Crippen LogP contribution in [0.4, 0.5) is 5.69 Å². The zero-order valence-electron chi connectivity index (χ0n) is 27.0. The zero-order valence-corrected chi connectivity index (χ0v) is 27.0. The molecule has 0 amide bonds. The lowest BCUT2D eigenvalue weighted by Gasteiger charge is -2.13. The van der Waals surface area contributed by atoms with E-state index in [4.69, 9.17) is 15.2 Å². The van der Waals surface area contributed by atoms with Gasteiger partial charge in [0, 0.05) is 25.6 Å². The Balaban J connectivity index is 1.12. The van der Waals surface area contributed by atoms with Gasteiger partial charge in [0.2, 0.25) is 0 Å². The fourth-order valence-electron chi connectivity index (χ4n) is 5.52. The standard InChI is InChI=1S/C38H47N3O5/c1-40-38(39)41-32-11-8-10-27(22-32)9-6-4-3-5-7-12-33(42)25-35(44)18-14-28-15-20-36(45-2)37(23-28)46-26-29-13-16-31-24-34(43)19-17-30(31)21-29/h8,10-11,13,15-17,19-24,33,42-43H,3-7,9,12,14,18,25-26H2,1-2H3,(H3,39,40,41)/t33-/m0/s1. The van der Waals surface area contributed by atoms with Crippen molar-refractivity contribution in [3.63, 3.8) is 0 Å². The number of phenols is 1. The molecule has 46 heavy (non-hydrogen) atoms. The number of benzene rings is 4. The summed E-state index contributed by atoms with van der Waals surface area (Å²) in [6.45, 7) is 0.360. The minimum Gasteiger partial charge on any atom is -0.508 e. The molecule has 244 valence electrons. The number of nitrogens with zero attached hydrogens (tertiary/aromatic N) is 1. The summed E-state index contributed by atoms with van der Waals surface area (Å²) < 4.78 is 11.6. The number of Topliss-reactive ketones (excluding diaryl/α,β-unsaturated/α-hetero) is 1. The van der Waals surface area contributed by atoms with E-state index in [9.17, 15) is 15.0 Å². The third-order valence-corrected chi connectivity index (χ3v) is 8.11. The number of fused-ring (bicyclic) bond motifs is 1. The van der Waals surface area contributed by atoms with Crippen LogP contribution in [0.5, 0.6) is 17.2 Å². The van der Waals surface area contributed by atoms with E-state index in [2.05, 4.69) is 22.4 Å². The quantitative estimate of drug-likeness (QED) is 0.0518. The molecule has 4 aromatic rings. The van der Waals surface area contributed by atoms with Crippen molar-refractivity contribution in [2.45, 2.75) is 76.9 Å². The number of aliphatic imine (C=N–C) groups is 1. The number of carbonyl (C=O) groups excluding carboxylic acids is 1. The molecular formula is C38H47N3O5. The van der Waals surface area contributed by atoms with Crippen LogP contribution in [0.25, 0.3) is 10.8 Å². The highest BCUT2D eigenvalue weighted by molar-refractivity contribution is 5.92. The largest absolute Gasteiger partial charge is 0.508 e. The smallest absolute Gasteiger partial charge is 0.192 e. The second-order valence-electron chi connectivity index (χ2n) is 11.8. The van der Waals surface area contributed by atoms with Gasteiger partial charge in [-0.05, 0) is 95.6 Å². The number of rotatable bonds is 18.